The summed E-state index contributed by atoms with van der Waals surface area (Å²) in [6, 6.07) is 13.4. The second kappa shape index (κ2) is 14.5. The minimum absolute atomic E-state index is 0.0836. The number of hydrogen-bond donors (Lipinski definition) is 3. The molecule has 3 heterocycles. The Labute approximate surface area is 263 Å². The van der Waals surface area contributed by atoms with E-state index in [0.29, 0.717) is 60.9 Å². The first-order valence-electron chi connectivity index (χ1n) is 15.0. The molecule has 2 atom stereocenters. The average Bonchev–Trinajstić information content (AvgIpc) is 3.01. The van der Waals surface area contributed by atoms with Crippen molar-refractivity contribution in [3.63, 3.8) is 0 Å². The van der Waals surface area contributed by atoms with Gasteiger partial charge in [0, 0.05) is 53.3 Å². The molecule has 2 aromatic carbocycles. The van der Waals surface area contributed by atoms with Gasteiger partial charge < -0.3 is 35.1 Å². The zero-order valence-corrected chi connectivity index (χ0v) is 26.2. The summed E-state index contributed by atoms with van der Waals surface area (Å²) in [5.41, 5.74) is 5.07. The second-order valence-corrected chi connectivity index (χ2v) is 11.7. The van der Waals surface area contributed by atoms with Crippen LogP contribution in [-0.4, -0.2) is 56.2 Å². The van der Waals surface area contributed by atoms with E-state index in [-0.39, 0.29) is 17.9 Å². The first kappa shape index (κ1) is 31.2. The van der Waals surface area contributed by atoms with Gasteiger partial charge in [-0.15, -0.1) is 0 Å². The van der Waals surface area contributed by atoms with Crippen molar-refractivity contribution in [3.05, 3.63) is 64.3 Å². The zero-order valence-electron chi connectivity index (χ0n) is 25.4. The van der Waals surface area contributed by atoms with Gasteiger partial charge in [-0.05, 0) is 77.2 Å². The standard InChI is InChI=1S/C33H39ClN6O4/c1-4-42-30-16-27-25(15-28(30)39-31(41)8-5-11-40(2)3)32(23(17-35)19-36-27)38-24-9-10-29(26(34)14-24)44-20-21-13-22-7-6-12-43-33(22)37-18-21/h9-10,13-16,18,23,32,36,38H,4-8,11-12,19-20H2,1-3H3,(H,39,41). The number of aromatic nitrogens is 1. The van der Waals surface area contributed by atoms with Crippen LogP contribution in [0.2, 0.25) is 5.02 Å². The van der Waals surface area contributed by atoms with Crippen molar-refractivity contribution in [2.75, 3.05) is 56.3 Å². The van der Waals surface area contributed by atoms with Crippen molar-refractivity contribution in [2.24, 2.45) is 5.92 Å². The quantitative estimate of drug-likeness (QED) is 0.223. The number of nitrogens with one attached hydrogen (secondary N) is 3. The van der Waals surface area contributed by atoms with Gasteiger partial charge in [0.05, 0.1) is 42.0 Å². The van der Waals surface area contributed by atoms with Crippen LogP contribution < -0.4 is 30.2 Å². The van der Waals surface area contributed by atoms with Crippen molar-refractivity contribution in [1.82, 2.24) is 9.88 Å². The first-order valence-corrected chi connectivity index (χ1v) is 15.4. The minimum atomic E-state index is -0.376. The molecule has 0 aliphatic carbocycles. The molecule has 0 radical (unpaired) electrons. The van der Waals surface area contributed by atoms with Crippen molar-refractivity contribution < 1.29 is 19.0 Å². The van der Waals surface area contributed by atoms with Crippen molar-refractivity contribution >= 4 is 34.6 Å². The van der Waals surface area contributed by atoms with Crippen molar-refractivity contribution in [1.29, 1.82) is 5.26 Å². The maximum absolute atomic E-state index is 12.8. The van der Waals surface area contributed by atoms with Gasteiger partial charge in [0.25, 0.3) is 0 Å². The maximum atomic E-state index is 12.8. The molecule has 5 rings (SSSR count). The summed E-state index contributed by atoms with van der Waals surface area (Å²) in [5, 5.41) is 20.4. The molecule has 1 amide bonds. The van der Waals surface area contributed by atoms with E-state index in [1.165, 1.54) is 0 Å². The fraction of sp³-hybridized carbons (Fsp3) is 0.424. The van der Waals surface area contributed by atoms with E-state index in [1.807, 2.05) is 45.3 Å². The lowest BCUT2D eigenvalue weighted by Gasteiger charge is -2.33. The van der Waals surface area contributed by atoms with Gasteiger partial charge in [0.15, 0.2) is 0 Å². The molecule has 3 aromatic rings. The summed E-state index contributed by atoms with van der Waals surface area (Å²) in [5.74, 6) is 1.38. The molecule has 2 unspecified atom stereocenters. The molecule has 2 aliphatic rings. The molecule has 0 bridgehead atoms. The molecule has 3 N–H and O–H groups in total. The Hall–Kier alpha value is -4.20. The summed E-state index contributed by atoms with van der Waals surface area (Å²) in [4.78, 5) is 19.2. The van der Waals surface area contributed by atoms with Crippen LogP contribution >= 0.6 is 11.6 Å². The third-order valence-electron chi connectivity index (χ3n) is 7.61. The Morgan fingerprint density at radius 3 is 2.86 bits per heavy atom. The second-order valence-electron chi connectivity index (χ2n) is 11.3. The number of benzene rings is 2. The van der Waals surface area contributed by atoms with E-state index in [0.717, 1.165) is 53.9 Å². The summed E-state index contributed by atoms with van der Waals surface area (Å²) < 4.78 is 17.5. The number of hydrogen-bond acceptors (Lipinski definition) is 9. The Kier molecular flexibility index (Phi) is 10.3. The van der Waals surface area contributed by atoms with Crippen LogP contribution in [0.25, 0.3) is 0 Å². The number of pyridine rings is 1. The SMILES string of the molecule is CCOc1cc2c(cc1NC(=O)CCCN(C)C)C(Nc1ccc(OCc3cnc4c(c3)CCCO4)c(Cl)c1)C(C#N)CN2. The molecule has 10 nitrogen and oxygen atoms in total. The van der Waals surface area contributed by atoms with Crippen LogP contribution in [0.4, 0.5) is 17.1 Å². The normalized spacial score (nSPS) is 16.9. The van der Waals surface area contributed by atoms with Crippen LogP contribution in [0.1, 0.15) is 48.9 Å². The number of nitriles is 1. The summed E-state index contributed by atoms with van der Waals surface area (Å²) in [7, 11) is 3.97. The Balaban J connectivity index is 1.32. The predicted octanol–water partition coefficient (Wildman–Crippen LogP) is 6.04. The van der Waals surface area contributed by atoms with Crippen LogP contribution in [0.5, 0.6) is 17.4 Å². The van der Waals surface area contributed by atoms with Crippen LogP contribution in [-0.2, 0) is 17.8 Å². The Morgan fingerprint density at radius 2 is 2.09 bits per heavy atom. The summed E-state index contributed by atoms with van der Waals surface area (Å²) in [6.07, 6.45) is 4.83. The molecule has 0 saturated carbocycles. The van der Waals surface area contributed by atoms with Crippen LogP contribution in [0.3, 0.4) is 0 Å². The van der Waals surface area contributed by atoms with E-state index in [1.54, 1.807) is 12.3 Å². The van der Waals surface area contributed by atoms with Crippen molar-refractivity contribution in [2.45, 2.75) is 45.3 Å². The monoisotopic (exact) mass is 618 g/mol. The van der Waals surface area contributed by atoms with E-state index in [2.05, 4.69) is 38.0 Å². The number of fused-ring (bicyclic) bond motifs is 2. The van der Waals surface area contributed by atoms with E-state index < -0.39 is 0 Å². The van der Waals surface area contributed by atoms with Gasteiger partial charge in [-0.1, -0.05) is 11.6 Å². The molecule has 2 aliphatic heterocycles. The number of carbonyl (C=O) groups excluding carboxylic acids is 1. The highest BCUT2D eigenvalue weighted by atomic mass is 35.5. The van der Waals surface area contributed by atoms with Gasteiger partial charge in [0.1, 0.15) is 18.1 Å². The summed E-state index contributed by atoms with van der Waals surface area (Å²) >= 11 is 6.65. The molecule has 0 saturated heterocycles. The van der Waals surface area contributed by atoms with Crippen molar-refractivity contribution in [3.8, 4) is 23.4 Å². The maximum Gasteiger partial charge on any atom is 0.224 e. The lowest BCUT2D eigenvalue weighted by Crippen LogP contribution is -2.31. The molecule has 0 spiro atoms. The highest BCUT2D eigenvalue weighted by molar-refractivity contribution is 6.32. The number of aryl methyl sites for hydroxylation is 1. The smallest absolute Gasteiger partial charge is 0.224 e. The van der Waals surface area contributed by atoms with Crippen LogP contribution in [0, 0.1) is 17.2 Å². The number of rotatable bonds is 12. The fourth-order valence-electron chi connectivity index (χ4n) is 5.42. The highest BCUT2D eigenvalue weighted by Crippen LogP contribution is 2.42. The molecule has 44 heavy (non-hydrogen) atoms. The zero-order chi connectivity index (χ0) is 31.1. The molecule has 0 fully saturated rings. The summed E-state index contributed by atoms with van der Waals surface area (Å²) in [6.45, 7) is 4.67. The Bertz CT molecular complexity index is 1520. The van der Waals surface area contributed by atoms with E-state index >= 15 is 0 Å². The van der Waals surface area contributed by atoms with E-state index in [4.69, 9.17) is 25.8 Å². The molecular weight excluding hydrogens is 580 g/mol. The van der Waals surface area contributed by atoms with Gasteiger partial charge in [-0.25, -0.2) is 4.98 Å². The molecule has 1 aromatic heterocycles. The van der Waals surface area contributed by atoms with Gasteiger partial charge in [-0.3, -0.25) is 4.79 Å². The predicted molar refractivity (Wildman–Crippen MR) is 172 cm³/mol. The molecule has 11 heteroatoms. The minimum Gasteiger partial charge on any atom is -0.492 e. The average molecular weight is 619 g/mol. The fourth-order valence-corrected chi connectivity index (χ4v) is 5.65. The number of ether oxygens (including phenoxy) is 3. The van der Waals surface area contributed by atoms with Gasteiger partial charge in [0.2, 0.25) is 11.8 Å². The van der Waals surface area contributed by atoms with Gasteiger partial charge >= 0.3 is 0 Å². The van der Waals surface area contributed by atoms with E-state index in [9.17, 15) is 10.1 Å². The molecule has 232 valence electrons. The number of anilines is 3. The lowest BCUT2D eigenvalue weighted by atomic mass is 9.88. The molecular formula is C33H39ClN6O4. The third kappa shape index (κ3) is 7.65. The lowest BCUT2D eigenvalue weighted by molar-refractivity contribution is -0.116. The van der Waals surface area contributed by atoms with Crippen LogP contribution in [0.15, 0.2) is 42.6 Å². The van der Waals surface area contributed by atoms with Gasteiger partial charge in [-0.2, -0.15) is 5.26 Å². The largest absolute Gasteiger partial charge is 0.492 e. The number of carbonyl (C=O) groups is 1. The first-order chi connectivity index (χ1) is 21.3. The number of halogens is 1. The third-order valence-corrected chi connectivity index (χ3v) is 7.91. The Morgan fingerprint density at radius 1 is 1.23 bits per heavy atom. The highest BCUT2D eigenvalue weighted by Gasteiger charge is 2.31. The topological polar surface area (TPSA) is 121 Å². The number of nitrogens with zero attached hydrogens (tertiary/aromatic N) is 3. The number of amides is 1.